The topological polar surface area (TPSA) is 50.4 Å². The first-order valence-electron chi connectivity index (χ1n) is 5.38. The van der Waals surface area contributed by atoms with E-state index in [1.54, 1.807) is 0 Å². The van der Waals surface area contributed by atoms with Crippen LogP contribution in [0, 0.1) is 0 Å². The normalized spacial score (nSPS) is 20.4. The Morgan fingerprint density at radius 2 is 2.07 bits per heavy atom. The van der Waals surface area contributed by atoms with Crippen molar-refractivity contribution in [2.75, 3.05) is 26.2 Å². The van der Waals surface area contributed by atoms with Gasteiger partial charge in [0.05, 0.1) is 6.61 Å². The summed E-state index contributed by atoms with van der Waals surface area (Å²) in [6.45, 7) is 6.89. The van der Waals surface area contributed by atoms with Crippen LogP contribution in [0.3, 0.4) is 0 Å². The first-order chi connectivity index (χ1) is 6.75. The maximum absolute atomic E-state index is 11.8. The zero-order chi connectivity index (χ0) is 10.4. The van der Waals surface area contributed by atoms with Crippen LogP contribution in [0.4, 0.5) is 0 Å². The monoisotopic (exact) mass is 200 g/mol. The predicted octanol–water partition coefficient (Wildman–Crippen LogP) is 0.281. The summed E-state index contributed by atoms with van der Waals surface area (Å²) < 4.78 is 5.11. The first kappa shape index (κ1) is 11.5. The number of carbonyl (C=O) groups is 1. The third kappa shape index (κ3) is 2.45. The van der Waals surface area contributed by atoms with E-state index < -0.39 is 5.54 Å². The van der Waals surface area contributed by atoms with E-state index >= 15 is 0 Å². The van der Waals surface area contributed by atoms with Crippen molar-refractivity contribution in [3.63, 3.8) is 0 Å². The summed E-state index contributed by atoms with van der Waals surface area (Å²) in [5.74, 6) is -0.0941. The Hall–Kier alpha value is -0.610. The van der Waals surface area contributed by atoms with Crippen LogP contribution in [0.2, 0.25) is 0 Å². The SMILES string of the molecule is CCNC1(C(=O)OCC)CCNCC1. The highest BCUT2D eigenvalue weighted by Gasteiger charge is 2.39. The third-order valence-electron chi connectivity index (χ3n) is 2.64. The molecule has 0 spiro atoms. The lowest BCUT2D eigenvalue weighted by molar-refractivity contribution is -0.152. The molecule has 1 fully saturated rings. The van der Waals surface area contributed by atoms with Crippen LogP contribution in [-0.4, -0.2) is 37.7 Å². The Bertz CT molecular complexity index is 183. The number of hydrogen-bond acceptors (Lipinski definition) is 4. The minimum Gasteiger partial charge on any atom is -0.465 e. The van der Waals surface area contributed by atoms with Crippen LogP contribution in [-0.2, 0) is 9.53 Å². The Balaban J connectivity index is 2.63. The molecule has 0 radical (unpaired) electrons. The lowest BCUT2D eigenvalue weighted by atomic mass is 9.88. The molecule has 14 heavy (non-hydrogen) atoms. The second-order valence-corrected chi connectivity index (χ2v) is 3.58. The highest BCUT2D eigenvalue weighted by molar-refractivity contribution is 5.81. The summed E-state index contributed by atoms with van der Waals surface area (Å²) >= 11 is 0. The average molecular weight is 200 g/mol. The minimum atomic E-state index is -0.435. The number of piperidine rings is 1. The molecule has 1 aliphatic heterocycles. The molecule has 2 N–H and O–H groups in total. The molecule has 0 saturated carbocycles. The molecule has 82 valence electrons. The fourth-order valence-electron chi connectivity index (χ4n) is 1.91. The largest absolute Gasteiger partial charge is 0.465 e. The standard InChI is InChI=1S/C10H20N2O2/c1-3-12-10(9(13)14-4-2)5-7-11-8-6-10/h11-12H,3-8H2,1-2H3. The van der Waals surface area contributed by atoms with Crippen LogP contribution < -0.4 is 10.6 Å². The highest BCUT2D eigenvalue weighted by Crippen LogP contribution is 2.19. The van der Waals surface area contributed by atoms with Crippen molar-refractivity contribution in [1.29, 1.82) is 0 Å². The van der Waals surface area contributed by atoms with Gasteiger partial charge in [0.15, 0.2) is 0 Å². The lowest BCUT2D eigenvalue weighted by Gasteiger charge is -2.35. The van der Waals surface area contributed by atoms with E-state index in [1.165, 1.54) is 0 Å². The van der Waals surface area contributed by atoms with E-state index in [1.807, 2.05) is 13.8 Å². The van der Waals surface area contributed by atoms with Gasteiger partial charge in [-0.3, -0.25) is 4.79 Å². The number of rotatable bonds is 4. The summed E-state index contributed by atoms with van der Waals surface area (Å²) in [5.41, 5.74) is -0.435. The van der Waals surface area contributed by atoms with Crippen LogP contribution in [0.5, 0.6) is 0 Å². The van der Waals surface area contributed by atoms with Gasteiger partial charge >= 0.3 is 5.97 Å². The molecule has 0 aromatic carbocycles. The van der Waals surface area contributed by atoms with E-state index in [0.717, 1.165) is 32.5 Å². The van der Waals surface area contributed by atoms with E-state index in [4.69, 9.17) is 4.74 Å². The van der Waals surface area contributed by atoms with Crippen molar-refractivity contribution in [2.24, 2.45) is 0 Å². The summed E-state index contributed by atoms with van der Waals surface area (Å²) in [6.07, 6.45) is 1.64. The predicted molar refractivity (Wildman–Crippen MR) is 55.1 cm³/mol. The van der Waals surface area contributed by atoms with Gasteiger partial charge in [0.2, 0.25) is 0 Å². The molecule has 0 bridgehead atoms. The first-order valence-corrected chi connectivity index (χ1v) is 5.38. The summed E-state index contributed by atoms with van der Waals surface area (Å²) in [4.78, 5) is 11.8. The van der Waals surface area contributed by atoms with E-state index in [2.05, 4.69) is 10.6 Å². The van der Waals surface area contributed by atoms with Crippen molar-refractivity contribution in [3.8, 4) is 0 Å². The summed E-state index contributed by atoms with van der Waals surface area (Å²) in [6, 6.07) is 0. The molecular formula is C10H20N2O2. The van der Waals surface area contributed by atoms with Crippen molar-refractivity contribution in [2.45, 2.75) is 32.2 Å². The summed E-state index contributed by atoms with van der Waals surface area (Å²) in [7, 11) is 0. The number of hydrogen-bond donors (Lipinski definition) is 2. The molecule has 0 aromatic rings. The van der Waals surface area contributed by atoms with Crippen LogP contribution >= 0.6 is 0 Å². The Labute approximate surface area is 85.4 Å². The highest BCUT2D eigenvalue weighted by atomic mass is 16.5. The van der Waals surface area contributed by atoms with Gasteiger partial charge in [0.25, 0.3) is 0 Å². The Morgan fingerprint density at radius 1 is 1.43 bits per heavy atom. The van der Waals surface area contributed by atoms with Gasteiger partial charge in [-0.25, -0.2) is 0 Å². The van der Waals surface area contributed by atoms with Gasteiger partial charge < -0.3 is 15.4 Å². The molecule has 1 saturated heterocycles. The van der Waals surface area contributed by atoms with Gasteiger partial charge in [0, 0.05) is 0 Å². The van der Waals surface area contributed by atoms with Crippen molar-refractivity contribution < 1.29 is 9.53 Å². The fourth-order valence-corrected chi connectivity index (χ4v) is 1.91. The van der Waals surface area contributed by atoms with Gasteiger partial charge in [-0.05, 0) is 39.4 Å². The number of carbonyl (C=O) groups excluding carboxylic acids is 1. The van der Waals surface area contributed by atoms with E-state index in [-0.39, 0.29) is 5.97 Å². The number of nitrogens with one attached hydrogen (secondary N) is 2. The number of esters is 1. The van der Waals surface area contributed by atoms with Crippen LogP contribution in [0.15, 0.2) is 0 Å². The van der Waals surface area contributed by atoms with Crippen molar-refractivity contribution in [3.05, 3.63) is 0 Å². The summed E-state index contributed by atoms with van der Waals surface area (Å²) in [5, 5.41) is 6.52. The second kappa shape index (κ2) is 5.32. The number of likely N-dealkylation sites (N-methyl/N-ethyl adjacent to an activating group) is 1. The lowest BCUT2D eigenvalue weighted by Crippen LogP contribution is -2.58. The molecule has 4 nitrogen and oxygen atoms in total. The molecule has 0 aromatic heterocycles. The number of ether oxygens (including phenoxy) is 1. The van der Waals surface area contributed by atoms with E-state index in [0.29, 0.717) is 6.61 Å². The van der Waals surface area contributed by atoms with Crippen molar-refractivity contribution >= 4 is 5.97 Å². The van der Waals surface area contributed by atoms with Crippen LogP contribution in [0.1, 0.15) is 26.7 Å². The van der Waals surface area contributed by atoms with Gasteiger partial charge in [-0.2, -0.15) is 0 Å². The average Bonchev–Trinajstić information content (AvgIpc) is 2.20. The van der Waals surface area contributed by atoms with E-state index in [9.17, 15) is 4.79 Å². The van der Waals surface area contributed by atoms with Gasteiger partial charge in [-0.1, -0.05) is 6.92 Å². The van der Waals surface area contributed by atoms with Crippen molar-refractivity contribution in [1.82, 2.24) is 10.6 Å². The molecule has 0 aliphatic carbocycles. The molecule has 4 heteroatoms. The molecule has 0 amide bonds. The smallest absolute Gasteiger partial charge is 0.326 e. The molecule has 0 atom stereocenters. The molecule has 1 heterocycles. The van der Waals surface area contributed by atoms with Gasteiger partial charge in [0.1, 0.15) is 5.54 Å². The third-order valence-corrected chi connectivity index (χ3v) is 2.64. The quantitative estimate of drug-likeness (QED) is 0.640. The maximum atomic E-state index is 11.8. The maximum Gasteiger partial charge on any atom is 0.326 e. The van der Waals surface area contributed by atoms with Crippen LogP contribution in [0.25, 0.3) is 0 Å². The molecular weight excluding hydrogens is 180 g/mol. The molecule has 1 aliphatic rings. The minimum absolute atomic E-state index is 0.0941. The Morgan fingerprint density at radius 3 is 2.57 bits per heavy atom. The zero-order valence-electron chi connectivity index (χ0n) is 9.06. The second-order valence-electron chi connectivity index (χ2n) is 3.58. The molecule has 1 rings (SSSR count). The zero-order valence-corrected chi connectivity index (χ0v) is 9.06. The Kier molecular flexibility index (Phi) is 4.35. The fraction of sp³-hybridized carbons (Fsp3) is 0.900. The van der Waals surface area contributed by atoms with Gasteiger partial charge in [-0.15, -0.1) is 0 Å². The molecule has 0 unspecified atom stereocenters.